The molecule has 0 heterocycles. The first-order chi connectivity index (χ1) is 10.2. The van der Waals surface area contributed by atoms with Gasteiger partial charge < -0.3 is 16.0 Å². The number of nitrogens with zero attached hydrogens (tertiary/aromatic N) is 1. The van der Waals surface area contributed by atoms with Crippen molar-refractivity contribution in [2.45, 2.75) is 38.6 Å². The lowest BCUT2D eigenvalue weighted by Crippen LogP contribution is -2.39. The molecular weight excluding hydrogens is 333 g/mol. The van der Waals surface area contributed by atoms with Gasteiger partial charge in [-0.05, 0) is 56.0 Å². The second-order valence-electron chi connectivity index (χ2n) is 5.98. The number of hydrogen-bond donors (Lipinski definition) is 2. The molecule has 2 atom stereocenters. The predicted molar refractivity (Wildman–Crippen MR) is 102 cm³/mol. The van der Waals surface area contributed by atoms with Crippen LogP contribution in [0.1, 0.15) is 43.0 Å². The molecule has 1 amide bonds. The lowest BCUT2D eigenvalue weighted by Gasteiger charge is -2.20. The molecule has 0 aliphatic heterocycles. The highest BCUT2D eigenvalue weighted by Crippen LogP contribution is 2.25. The number of halogens is 2. The Kier molecular flexibility index (Phi) is 10.3. The molecule has 0 saturated heterocycles. The second kappa shape index (κ2) is 10.7. The molecule has 132 valence electrons. The molecule has 4 nitrogen and oxygen atoms in total. The number of amides is 1. The van der Waals surface area contributed by atoms with Crippen LogP contribution in [0.5, 0.6) is 0 Å². The first-order valence-corrected chi connectivity index (χ1v) is 7.97. The number of hydrogen-bond acceptors (Lipinski definition) is 3. The van der Waals surface area contributed by atoms with Gasteiger partial charge in [0.05, 0.1) is 0 Å². The number of carbonyl (C=O) groups is 1. The average molecular weight is 362 g/mol. The molecule has 6 heteroatoms. The topological polar surface area (TPSA) is 58.4 Å². The number of nitrogens with two attached hydrogens (primary N) is 1. The Balaban J connectivity index is 0.00000242. The smallest absolute Gasteiger partial charge is 0.251 e. The molecule has 0 bridgehead atoms. The molecule has 0 radical (unpaired) electrons. The Morgan fingerprint density at radius 3 is 2.48 bits per heavy atom. The summed E-state index contributed by atoms with van der Waals surface area (Å²) in [7, 11) is 2.07. The van der Waals surface area contributed by atoms with Crippen molar-refractivity contribution in [1.29, 1.82) is 0 Å². The van der Waals surface area contributed by atoms with Gasteiger partial charge in [0.1, 0.15) is 0 Å². The van der Waals surface area contributed by atoms with E-state index in [9.17, 15) is 4.79 Å². The number of anilines is 1. The van der Waals surface area contributed by atoms with Crippen LogP contribution >= 0.6 is 24.8 Å². The van der Waals surface area contributed by atoms with Crippen molar-refractivity contribution in [2.24, 2.45) is 11.7 Å². The average Bonchev–Trinajstić information content (AvgIpc) is 2.94. The maximum absolute atomic E-state index is 12.3. The zero-order chi connectivity index (χ0) is 15.2. The van der Waals surface area contributed by atoms with Crippen LogP contribution in [0.4, 0.5) is 5.69 Å². The quantitative estimate of drug-likeness (QED) is 0.817. The third-order valence-corrected chi connectivity index (χ3v) is 4.41. The van der Waals surface area contributed by atoms with Crippen molar-refractivity contribution >= 4 is 36.4 Å². The molecule has 0 aromatic heterocycles. The molecular formula is C17H29Cl2N3O. The van der Waals surface area contributed by atoms with E-state index in [1.807, 2.05) is 24.3 Å². The molecule has 3 N–H and O–H groups in total. The number of carbonyl (C=O) groups excluding carboxylic acids is 1. The fourth-order valence-corrected chi connectivity index (χ4v) is 3.09. The summed E-state index contributed by atoms with van der Waals surface area (Å²) in [5.41, 5.74) is 7.64. The fourth-order valence-electron chi connectivity index (χ4n) is 3.09. The van der Waals surface area contributed by atoms with Crippen LogP contribution in [-0.4, -0.2) is 32.1 Å². The Labute approximate surface area is 152 Å². The van der Waals surface area contributed by atoms with Gasteiger partial charge in [-0.25, -0.2) is 0 Å². The fraction of sp³-hybridized carbons (Fsp3) is 0.588. The van der Waals surface area contributed by atoms with Gasteiger partial charge in [0.15, 0.2) is 0 Å². The molecule has 1 aliphatic carbocycles. The van der Waals surface area contributed by atoms with E-state index in [0.717, 1.165) is 43.5 Å². The van der Waals surface area contributed by atoms with Gasteiger partial charge >= 0.3 is 0 Å². The highest BCUT2D eigenvalue weighted by atomic mass is 35.5. The Bertz CT molecular complexity index is 467. The van der Waals surface area contributed by atoms with Crippen LogP contribution in [0.15, 0.2) is 24.3 Å². The van der Waals surface area contributed by atoms with Crippen molar-refractivity contribution in [1.82, 2.24) is 5.32 Å². The van der Waals surface area contributed by atoms with Crippen molar-refractivity contribution in [3.63, 3.8) is 0 Å². The molecule has 1 saturated carbocycles. The SMILES string of the molecule is CCCN(C)c1ccc(C(=O)NC2CCCC2CN)cc1.Cl.Cl. The predicted octanol–water partition coefficient (Wildman–Crippen LogP) is 3.23. The minimum atomic E-state index is 0. The first-order valence-electron chi connectivity index (χ1n) is 7.97. The second-order valence-corrected chi connectivity index (χ2v) is 5.98. The normalized spacial score (nSPS) is 19.4. The summed E-state index contributed by atoms with van der Waals surface area (Å²) in [5, 5.41) is 3.14. The van der Waals surface area contributed by atoms with Crippen LogP contribution < -0.4 is 16.0 Å². The van der Waals surface area contributed by atoms with Gasteiger partial charge in [0, 0.05) is 30.9 Å². The summed E-state index contributed by atoms with van der Waals surface area (Å²) >= 11 is 0. The van der Waals surface area contributed by atoms with E-state index in [-0.39, 0.29) is 36.8 Å². The van der Waals surface area contributed by atoms with Gasteiger partial charge in [-0.1, -0.05) is 13.3 Å². The van der Waals surface area contributed by atoms with E-state index < -0.39 is 0 Å². The summed E-state index contributed by atoms with van der Waals surface area (Å²) in [6.07, 6.45) is 4.45. The summed E-state index contributed by atoms with van der Waals surface area (Å²) in [5.74, 6) is 0.453. The Hall–Kier alpha value is -0.970. The molecule has 1 aliphatic rings. The molecule has 0 spiro atoms. The lowest BCUT2D eigenvalue weighted by molar-refractivity contribution is 0.0929. The number of nitrogens with one attached hydrogen (secondary N) is 1. The van der Waals surface area contributed by atoms with E-state index >= 15 is 0 Å². The van der Waals surface area contributed by atoms with E-state index in [1.54, 1.807) is 0 Å². The molecule has 1 aromatic rings. The number of rotatable bonds is 6. The molecule has 2 unspecified atom stereocenters. The van der Waals surface area contributed by atoms with Gasteiger partial charge in [0.25, 0.3) is 5.91 Å². The van der Waals surface area contributed by atoms with E-state index in [0.29, 0.717) is 12.5 Å². The molecule has 2 rings (SSSR count). The third-order valence-electron chi connectivity index (χ3n) is 4.41. The molecule has 1 aromatic carbocycles. The zero-order valence-electron chi connectivity index (χ0n) is 14.0. The zero-order valence-corrected chi connectivity index (χ0v) is 15.6. The van der Waals surface area contributed by atoms with Crippen LogP contribution in [0.2, 0.25) is 0 Å². The summed E-state index contributed by atoms with van der Waals surface area (Å²) in [6, 6.07) is 8.08. The largest absolute Gasteiger partial charge is 0.375 e. The number of benzene rings is 1. The highest BCUT2D eigenvalue weighted by molar-refractivity contribution is 5.94. The summed E-state index contributed by atoms with van der Waals surface area (Å²) in [6.45, 7) is 3.84. The van der Waals surface area contributed by atoms with Crippen molar-refractivity contribution in [3.05, 3.63) is 29.8 Å². The van der Waals surface area contributed by atoms with Gasteiger partial charge in [-0.15, -0.1) is 24.8 Å². The van der Waals surface area contributed by atoms with Crippen molar-refractivity contribution < 1.29 is 4.79 Å². The monoisotopic (exact) mass is 361 g/mol. The molecule has 23 heavy (non-hydrogen) atoms. The van der Waals surface area contributed by atoms with E-state index in [2.05, 4.69) is 24.2 Å². The standard InChI is InChI=1S/C17H27N3O.2ClH/c1-3-11-20(2)15-9-7-13(8-10-15)17(21)19-16-6-4-5-14(16)12-18;;/h7-10,14,16H,3-6,11-12,18H2,1-2H3,(H,19,21);2*1H. The summed E-state index contributed by atoms with van der Waals surface area (Å²) < 4.78 is 0. The minimum absolute atomic E-state index is 0. The van der Waals surface area contributed by atoms with Crippen LogP contribution in [0.25, 0.3) is 0 Å². The first kappa shape index (κ1) is 22.0. The van der Waals surface area contributed by atoms with Crippen LogP contribution in [-0.2, 0) is 0 Å². The van der Waals surface area contributed by atoms with Gasteiger partial charge in [0.2, 0.25) is 0 Å². The van der Waals surface area contributed by atoms with E-state index in [1.165, 1.54) is 0 Å². The van der Waals surface area contributed by atoms with E-state index in [4.69, 9.17) is 5.73 Å². The molecule has 1 fully saturated rings. The third kappa shape index (κ3) is 5.87. The van der Waals surface area contributed by atoms with Crippen molar-refractivity contribution in [2.75, 3.05) is 25.0 Å². The van der Waals surface area contributed by atoms with Crippen LogP contribution in [0.3, 0.4) is 0 Å². The highest BCUT2D eigenvalue weighted by Gasteiger charge is 2.27. The summed E-state index contributed by atoms with van der Waals surface area (Å²) in [4.78, 5) is 14.5. The van der Waals surface area contributed by atoms with Crippen molar-refractivity contribution in [3.8, 4) is 0 Å². The van der Waals surface area contributed by atoms with Crippen LogP contribution in [0, 0.1) is 5.92 Å². The van der Waals surface area contributed by atoms with Gasteiger partial charge in [-0.3, -0.25) is 4.79 Å². The Morgan fingerprint density at radius 1 is 1.26 bits per heavy atom. The maximum atomic E-state index is 12.3. The van der Waals surface area contributed by atoms with Gasteiger partial charge in [-0.2, -0.15) is 0 Å². The maximum Gasteiger partial charge on any atom is 0.251 e. The minimum Gasteiger partial charge on any atom is -0.375 e. The lowest BCUT2D eigenvalue weighted by atomic mass is 10.0. The Morgan fingerprint density at radius 2 is 1.91 bits per heavy atom.